The highest BCUT2D eigenvalue weighted by Gasteiger charge is 2.15. The maximum absolute atomic E-state index is 10.8. The van der Waals surface area contributed by atoms with Gasteiger partial charge in [0.2, 0.25) is 10.0 Å². The van der Waals surface area contributed by atoms with Gasteiger partial charge in [0, 0.05) is 12.1 Å². The Labute approximate surface area is 89.2 Å². The number of furan rings is 1. The Morgan fingerprint density at radius 2 is 2.13 bits per heavy atom. The molecule has 0 aliphatic heterocycles. The number of hydrogen-bond acceptors (Lipinski definition) is 4. The third-order valence-corrected chi connectivity index (χ3v) is 2.67. The Hall–Kier alpha value is -0.850. The van der Waals surface area contributed by atoms with Gasteiger partial charge in [-0.1, -0.05) is 0 Å². The van der Waals surface area contributed by atoms with Crippen LogP contribution in [0.5, 0.6) is 0 Å². The molecular weight excluding hydrogens is 218 g/mol. The fourth-order valence-electron chi connectivity index (χ4n) is 1.32. The Kier molecular flexibility index (Phi) is 3.54. The number of sulfonamides is 1. The maximum Gasteiger partial charge on any atom is 0.208 e. The van der Waals surface area contributed by atoms with E-state index in [9.17, 15) is 13.5 Å². The summed E-state index contributed by atoms with van der Waals surface area (Å²) in [5.41, 5.74) is 0.614. The molecule has 0 aliphatic carbocycles. The maximum atomic E-state index is 10.8. The molecule has 1 aromatic heterocycles. The molecule has 1 unspecified atom stereocenters. The van der Waals surface area contributed by atoms with Gasteiger partial charge in [0.1, 0.15) is 11.5 Å². The average molecular weight is 233 g/mol. The van der Waals surface area contributed by atoms with Crippen LogP contribution >= 0.6 is 0 Å². The predicted molar refractivity (Wildman–Crippen MR) is 56.0 cm³/mol. The second-order valence-electron chi connectivity index (χ2n) is 3.51. The minimum absolute atomic E-state index is 0.0430. The van der Waals surface area contributed by atoms with Crippen molar-refractivity contribution in [1.82, 2.24) is 4.72 Å². The lowest BCUT2D eigenvalue weighted by Crippen LogP contribution is -2.27. The molecule has 1 rings (SSSR count). The van der Waals surface area contributed by atoms with E-state index in [1.54, 1.807) is 19.9 Å². The fraction of sp³-hybridized carbons (Fsp3) is 0.556. The van der Waals surface area contributed by atoms with Crippen LogP contribution in [0.3, 0.4) is 0 Å². The molecule has 1 heterocycles. The van der Waals surface area contributed by atoms with E-state index in [0.29, 0.717) is 17.1 Å². The summed E-state index contributed by atoms with van der Waals surface area (Å²) in [6.45, 7) is 3.46. The molecule has 0 aromatic carbocycles. The van der Waals surface area contributed by atoms with Crippen molar-refractivity contribution in [1.29, 1.82) is 0 Å². The van der Waals surface area contributed by atoms with Crippen LogP contribution in [-0.2, 0) is 10.0 Å². The highest BCUT2D eigenvalue weighted by atomic mass is 32.2. The molecule has 0 spiro atoms. The van der Waals surface area contributed by atoms with Gasteiger partial charge in [-0.3, -0.25) is 0 Å². The smallest absolute Gasteiger partial charge is 0.208 e. The molecule has 0 radical (unpaired) electrons. The monoisotopic (exact) mass is 233 g/mol. The first kappa shape index (κ1) is 12.2. The summed E-state index contributed by atoms with van der Waals surface area (Å²) >= 11 is 0. The summed E-state index contributed by atoms with van der Waals surface area (Å²) in [5, 5.41) is 9.69. The molecule has 0 saturated carbocycles. The van der Waals surface area contributed by atoms with Crippen LogP contribution < -0.4 is 4.72 Å². The molecule has 1 aromatic rings. The quantitative estimate of drug-likeness (QED) is 0.792. The zero-order chi connectivity index (χ0) is 11.6. The molecule has 0 bridgehead atoms. The predicted octanol–water partition coefficient (Wildman–Crippen LogP) is 0.479. The van der Waals surface area contributed by atoms with Crippen LogP contribution in [0.1, 0.15) is 23.2 Å². The Bertz CT molecular complexity index is 435. The molecule has 0 aliphatic rings. The fourth-order valence-corrected chi connectivity index (χ4v) is 1.78. The number of aliphatic hydroxyl groups is 1. The molecular formula is C9H15NO4S. The summed E-state index contributed by atoms with van der Waals surface area (Å²) in [4.78, 5) is 0. The van der Waals surface area contributed by atoms with Crippen LogP contribution in [-0.4, -0.2) is 26.3 Å². The van der Waals surface area contributed by atoms with Crippen molar-refractivity contribution in [3.63, 3.8) is 0 Å². The third kappa shape index (κ3) is 3.65. The van der Waals surface area contributed by atoms with Gasteiger partial charge in [0.15, 0.2) is 0 Å². The molecule has 1 atom stereocenters. The van der Waals surface area contributed by atoms with Crippen molar-refractivity contribution >= 4 is 10.0 Å². The second-order valence-corrected chi connectivity index (χ2v) is 5.34. The lowest BCUT2D eigenvalue weighted by Gasteiger charge is -2.09. The number of aryl methyl sites for hydroxylation is 2. The van der Waals surface area contributed by atoms with Gasteiger partial charge in [0.25, 0.3) is 0 Å². The van der Waals surface area contributed by atoms with Gasteiger partial charge in [-0.15, -0.1) is 0 Å². The average Bonchev–Trinajstić information content (AvgIpc) is 2.40. The lowest BCUT2D eigenvalue weighted by molar-refractivity contribution is 0.180. The molecule has 0 saturated heterocycles. The summed E-state index contributed by atoms with van der Waals surface area (Å²) in [6.07, 6.45) is 0.171. The van der Waals surface area contributed by atoms with Crippen LogP contribution in [0.25, 0.3) is 0 Å². The van der Waals surface area contributed by atoms with Crippen LogP contribution in [0, 0.1) is 13.8 Å². The largest absolute Gasteiger partial charge is 0.466 e. The molecule has 2 N–H and O–H groups in total. The van der Waals surface area contributed by atoms with E-state index in [2.05, 4.69) is 4.72 Å². The van der Waals surface area contributed by atoms with E-state index in [1.165, 1.54) is 0 Å². The van der Waals surface area contributed by atoms with Crippen LogP contribution in [0.4, 0.5) is 0 Å². The van der Waals surface area contributed by atoms with Gasteiger partial charge >= 0.3 is 0 Å². The minimum Gasteiger partial charge on any atom is -0.466 e. The SMILES string of the molecule is Cc1cc(C(O)CNS(C)(=O)=O)c(C)o1. The van der Waals surface area contributed by atoms with E-state index in [-0.39, 0.29) is 6.54 Å². The second kappa shape index (κ2) is 4.34. The third-order valence-electron chi connectivity index (χ3n) is 1.98. The summed E-state index contributed by atoms with van der Waals surface area (Å²) in [6, 6.07) is 1.70. The lowest BCUT2D eigenvalue weighted by atomic mass is 10.1. The first-order chi connectivity index (χ1) is 6.79. The van der Waals surface area contributed by atoms with Gasteiger partial charge in [0.05, 0.1) is 12.4 Å². The number of hydrogen-bond donors (Lipinski definition) is 2. The first-order valence-electron chi connectivity index (χ1n) is 4.49. The summed E-state index contributed by atoms with van der Waals surface area (Å²) in [5.74, 6) is 1.30. The standard InChI is InChI=1S/C9H15NO4S/c1-6-4-8(7(2)14-6)9(11)5-10-15(3,12)13/h4,9-11H,5H2,1-3H3. The van der Waals surface area contributed by atoms with E-state index in [4.69, 9.17) is 4.42 Å². The highest BCUT2D eigenvalue weighted by molar-refractivity contribution is 7.88. The number of aliphatic hydroxyl groups excluding tert-OH is 1. The van der Waals surface area contributed by atoms with Crippen molar-refractivity contribution in [2.45, 2.75) is 20.0 Å². The minimum atomic E-state index is -3.27. The Balaban J connectivity index is 2.69. The normalized spacial score (nSPS) is 14.1. The molecule has 5 nitrogen and oxygen atoms in total. The van der Waals surface area contributed by atoms with Crippen molar-refractivity contribution in [3.8, 4) is 0 Å². The van der Waals surface area contributed by atoms with Crippen molar-refractivity contribution in [2.24, 2.45) is 0 Å². The topological polar surface area (TPSA) is 79.5 Å². The zero-order valence-corrected chi connectivity index (χ0v) is 9.76. The van der Waals surface area contributed by atoms with Gasteiger partial charge in [-0.25, -0.2) is 13.1 Å². The Morgan fingerprint density at radius 3 is 2.53 bits per heavy atom. The van der Waals surface area contributed by atoms with Gasteiger partial charge in [-0.2, -0.15) is 0 Å². The van der Waals surface area contributed by atoms with E-state index in [1.807, 2.05) is 0 Å². The molecule has 6 heteroatoms. The highest BCUT2D eigenvalue weighted by Crippen LogP contribution is 2.20. The number of rotatable bonds is 4. The summed E-state index contributed by atoms with van der Waals surface area (Å²) < 4.78 is 29.1. The van der Waals surface area contributed by atoms with Crippen molar-refractivity contribution in [3.05, 3.63) is 23.2 Å². The number of nitrogens with one attached hydrogen (secondary N) is 1. The van der Waals surface area contributed by atoms with E-state index in [0.717, 1.165) is 6.26 Å². The molecule has 86 valence electrons. The van der Waals surface area contributed by atoms with Crippen molar-refractivity contribution in [2.75, 3.05) is 12.8 Å². The molecule has 15 heavy (non-hydrogen) atoms. The van der Waals surface area contributed by atoms with Crippen LogP contribution in [0.15, 0.2) is 10.5 Å². The molecule has 0 fully saturated rings. The van der Waals surface area contributed by atoms with Crippen LogP contribution in [0.2, 0.25) is 0 Å². The van der Waals surface area contributed by atoms with E-state index < -0.39 is 16.1 Å². The van der Waals surface area contributed by atoms with Crippen molar-refractivity contribution < 1.29 is 17.9 Å². The van der Waals surface area contributed by atoms with Gasteiger partial charge < -0.3 is 9.52 Å². The summed E-state index contributed by atoms with van der Waals surface area (Å²) in [7, 11) is -3.27. The molecule has 0 amide bonds. The zero-order valence-electron chi connectivity index (χ0n) is 8.94. The van der Waals surface area contributed by atoms with E-state index >= 15 is 0 Å². The Morgan fingerprint density at radius 1 is 1.53 bits per heavy atom. The van der Waals surface area contributed by atoms with Gasteiger partial charge in [-0.05, 0) is 19.9 Å². The first-order valence-corrected chi connectivity index (χ1v) is 6.38.